The van der Waals surface area contributed by atoms with Gasteiger partial charge in [0.15, 0.2) is 6.10 Å². The Kier molecular flexibility index (Phi) is 50.7. The summed E-state index contributed by atoms with van der Waals surface area (Å²) in [6, 6.07) is 0. The lowest BCUT2D eigenvalue weighted by Crippen LogP contribution is -2.37. The van der Waals surface area contributed by atoms with E-state index in [9.17, 15) is 19.0 Å². The number of allylic oxidation sites excluding steroid dienone is 2. The van der Waals surface area contributed by atoms with Crippen LogP contribution in [0.15, 0.2) is 12.2 Å². The summed E-state index contributed by atoms with van der Waals surface area (Å²) in [5.74, 6) is -0.789. The van der Waals surface area contributed by atoms with Crippen LogP contribution >= 0.6 is 7.82 Å². The lowest BCUT2D eigenvalue weighted by atomic mass is 10.0. The molecule has 0 aliphatic rings. The van der Waals surface area contributed by atoms with Crippen molar-refractivity contribution >= 4 is 19.8 Å². The molecule has 0 saturated heterocycles. The van der Waals surface area contributed by atoms with Crippen LogP contribution in [0.2, 0.25) is 0 Å². The SMILES string of the molecule is CCCCCCCCC/C=C\CCCCCCCC(=O)OC(COC(=O)CCCCCCCCCCCCCCCCCCCCCCCCCCCCCCC)COP(=O)(O)OCC[N+](C)(C)C. The summed E-state index contributed by atoms with van der Waals surface area (Å²) in [6.07, 6.45) is 60.1. The van der Waals surface area contributed by atoms with Crippen molar-refractivity contribution in [2.24, 2.45) is 0 Å². The zero-order valence-corrected chi connectivity index (χ0v) is 47.5. The Balaban J connectivity index is 4.02. The summed E-state index contributed by atoms with van der Waals surface area (Å²) in [5.41, 5.74) is 0. The summed E-state index contributed by atoms with van der Waals surface area (Å²) in [6.45, 7) is 4.48. The summed E-state index contributed by atoms with van der Waals surface area (Å²) in [4.78, 5) is 35.6. The molecule has 0 fully saturated rings. The number of phosphoric ester groups is 1. The molecule has 0 saturated carbocycles. The highest BCUT2D eigenvalue weighted by Gasteiger charge is 2.27. The third kappa shape index (κ3) is 55.9. The van der Waals surface area contributed by atoms with Crippen molar-refractivity contribution in [2.75, 3.05) is 47.5 Å². The van der Waals surface area contributed by atoms with Gasteiger partial charge < -0.3 is 18.9 Å². The maximum absolute atomic E-state index is 12.8. The Morgan fingerprint density at radius 3 is 1.07 bits per heavy atom. The van der Waals surface area contributed by atoms with Gasteiger partial charge in [-0.3, -0.25) is 18.6 Å². The Morgan fingerprint density at radius 2 is 0.739 bits per heavy atom. The average Bonchev–Trinajstić information content (AvgIpc) is 3.31. The molecule has 0 spiro atoms. The molecular formula is C59H117NO8P+. The first-order chi connectivity index (χ1) is 33.5. The Morgan fingerprint density at radius 1 is 0.435 bits per heavy atom. The number of hydrogen-bond acceptors (Lipinski definition) is 7. The quantitative estimate of drug-likeness (QED) is 0.0211. The highest BCUT2D eigenvalue weighted by Crippen LogP contribution is 2.43. The Bertz CT molecular complexity index is 1180. The molecular weight excluding hydrogens is 882 g/mol. The highest BCUT2D eigenvalue weighted by atomic mass is 31.2. The van der Waals surface area contributed by atoms with Gasteiger partial charge in [-0.05, 0) is 38.5 Å². The van der Waals surface area contributed by atoms with E-state index in [0.29, 0.717) is 23.9 Å². The molecule has 0 aromatic rings. The van der Waals surface area contributed by atoms with Gasteiger partial charge in [-0.25, -0.2) is 4.57 Å². The molecule has 0 aromatic heterocycles. The van der Waals surface area contributed by atoms with Crippen molar-refractivity contribution < 1.29 is 42.1 Å². The van der Waals surface area contributed by atoms with E-state index in [4.69, 9.17) is 18.5 Å². The van der Waals surface area contributed by atoms with Crippen molar-refractivity contribution in [3.8, 4) is 0 Å². The van der Waals surface area contributed by atoms with E-state index in [1.165, 1.54) is 218 Å². The summed E-state index contributed by atoms with van der Waals surface area (Å²) >= 11 is 0. The molecule has 9 nitrogen and oxygen atoms in total. The van der Waals surface area contributed by atoms with Crippen LogP contribution in [0.25, 0.3) is 0 Å². The zero-order chi connectivity index (χ0) is 50.6. The number of rotatable bonds is 56. The Labute approximate surface area is 428 Å². The van der Waals surface area contributed by atoms with E-state index < -0.39 is 26.5 Å². The monoisotopic (exact) mass is 999 g/mol. The molecule has 410 valence electrons. The number of phosphoric acid groups is 1. The second-order valence-electron chi connectivity index (χ2n) is 21.7. The number of quaternary nitrogens is 1. The van der Waals surface area contributed by atoms with E-state index in [-0.39, 0.29) is 25.6 Å². The number of unbranched alkanes of at least 4 members (excludes halogenated alkanes) is 40. The number of esters is 2. The maximum atomic E-state index is 12.8. The van der Waals surface area contributed by atoms with Gasteiger partial charge in [0, 0.05) is 12.8 Å². The zero-order valence-electron chi connectivity index (χ0n) is 46.6. The van der Waals surface area contributed by atoms with E-state index in [2.05, 4.69) is 26.0 Å². The standard InChI is InChI=1S/C59H116NO8P/c1-6-8-10-12-14-16-18-20-22-24-25-26-27-28-29-30-31-32-33-34-35-36-38-39-41-43-45-47-49-51-58(61)65-55-57(56-67-69(63,64)66-54-53-60(3,4)5)68-59(62)52-50-48-46-44-42-40-37-23-21-19-17-15-13-11-9-7-2/h23,37,57H,6-22,24-36,38-56H2,1-5H3/p+1/b37-23-. The molecule has 10 heteroatoms. The average molecular weight is 1000 g/mol. The van der Waals surface area contributed by atoms with Crippen molar-refractivity contribution in [3.05, 3.63) is 12.2 Å². The van der Waals surface area contributed by atoms with E-state index in [1.807, 2.05) is 21.1 Å². The number of carbonyl (C=O) groups is 2. The molecule has 0 amide bonds. The van der Waals surface area contributed by atoms with E-state index in [0.717, 1.165) is 51.4 Å². The molecule has 69 heavy (non-hydrogen) atoms. The van der Waals surface area contributed by atoms with Crippen LogP contribution < -0.4 is 0 Å². The third-order valence-electron chi connectivity index (χ3n) is 13.5. The van der Waals surface area contributed by atoms with Crippen molar-refractivity contribution in [1.82, 2.24) is 0 Å². The van der Waals surface area contributed by atoms with Crippen LogP contribution in [0, 0.1) is 0 Å². The number of carbonyl (C=O) groups excluding carboxylic acids is 2. The summed E-state index contributed by atoms with van der Waals surface area (Å²) in [7, 11) is 1.49. The third-order valence-corrected chi connectivity index (χ3v) is 14.5. The van der Waals surface area contributed by atoms with E-state index >= 15 is 0 Å². The second kappa shape index (κ2) is 51.6. The largest absolute Gasteiger partial charge is 0.472 e. The molecule has 0 heterocycles. The normalized spacial score (nSPS) is 13.3. The molecule has 2 unspecified atom stereocenters. The number of hydrogen-bond donors (Lipinski definition) is 1. The molecule has 0 rings (SSSR count). The lowest BCUT2D eigenvalue weighted by molar-refractivity contribution is -0.870. The van der Waals surface area contributed by atoms with Gasteiger partial charge in [0.05, 0.1) is 27.7 Å². The maximum Gasteiger partial charge on any atom is 0.472 e. The molecule has 0 aliphatic heterocycles. The van der Waals surface area contributed by atoms with Crippen molar-refractivity contribution in [1.29, 1.82) is 0 Å². The molecule has 0 aliphatic carbocycles. The minimum atomic E-state index is -4.38. The van der Waals surface area contributed by atoms with Gasteiger partial charge in [-0.15, -0.1) is 0 Å². The summed E-state index contributed by atoms with van der Waals surface area (Å²) < 4.78 is 34.5. The highest BCUT2D eigenvalue weighted by molar-refractivity contribution is 7.47. The predicted octanol–water partition coefficient (Wildman–Crippen LogP) is 18.4. The van der Waals surface area contributed by atoms with Crippen LogP contribution in [0.1, 0.15) is 303 Å². The predicted molar refractivity (Wildman–Crippen MR) is 294 cm³/mol. The topological polar surface area (TPSA) is 108 Å². The van der Waals surface area contributed by atoms with Gasteiger partial charge in [0.25, 0.3) is 0 Å². The number of ether oxygens (including phenoxy) is 2. The fourth-order valence-corrected chi connectivity index (χ4v) is 9.64. The molecule has 0 bridgehead atoms. The smallest absolute Gasteiger partial charge is 0.462 e. The minimum Gasteiger partial charge on any atom is -0.462 e. The molecule has 1 N–H and O–H groups in total. The fourth-order valence-electron chi connectivity index (χ4n) is 8.90. The van der Waals surface area contributed by atoms with Crippen molar-refractivity contribution in [2.45, 2.75) is 309 Å². The van der Waals surface area contributed by atoms with Gasteiger partial charge in [0.2, 0.25) is 0 Å². The molecule has 0 radical (unpaired) electrons. The first-order valence-corrected chi connectivity index (χ1v) is 31.4. The van der Waals surface area contributed by atoms with Crippen molar-refractivity contribution in [3.63, 3.8) is 0 Å². The van der Waals surface area contributed by atoms with Gasteiger partial charge in [-0.1, -0.05) is 264 Å². The first kappa shape index (κ1) is 67.8. The van der Waals surface area contributed by atoms with Gasteiger partial charge in [0.1, 0.15) is 19.8 Å². The van der Waals surface area contributed by atoms with Crippen LogP contribution in [-0.2, 0) is 32.7 Å². The van der Waals surface area contributed by atoms with E-state index in [1.54, 1.807) is 0 Å². The first-order valence-electron chi connectivity index (χ1n) is 29.9. The van der Waals surface area contributed by atoms with Crippen LogP contribution in [0.4, 0.5) is 0 Å². The summed E-state index contributed by atoms with van der Waals surface area (Å²) in [5, 5.41) is 0. The van der Waals surface area contributed by atoms with Crippen LogP contribution in [-0.4, -0.2) is 74.9 Å². The number of nitrogens with zero attached hydrogens (tertiary/aromatic N) is 1. The minimum absolute atomic E-state index is 0.0337. The molecule has 2 atom stereocenters. The van der Waals surface area contributed by atoms with Crippen LogP contribution in [0.3, 0.4) is 0 Å². The number of likely N-dealkylation sites (N-methyl/N-ethyl adjacent to an activating group) is 1. The second-order valence-corrected chi connectivity index (χ2v) is 23.2. The van der Waals surface area contributed by atoms with Crippen LogP contribution in [0.5, 0.6) is 0 Å². The van der Waals surface area contributed by atoms with Gasteiger partial charge >= 0.3 is 19.8 Å². The Hall–Kier alpha value is -1.25. The fraction of sp³-hybridized carbons (Fsp3) is 0.932. The molecule has 0 aromatic carbocycles. The lowest BCUT2D eigenvalue weighted by Gasteiger charge is -2.24. The van der Waals surface area contributed by atoms with Gasteiger partial charge in [-0.2, -0.15) is 0 Å².